The summed E-state index contributed by atoms with van der Waals surface area (Å²) >= 11 is 0. The van der Waals surface area contributed by atoms with E-state index in [2.05, 4.69) is 5.11 Å². The van der Waals surface area contributed by atoms with Crippen molar-refractivity contribution in [3.8, 4) is 0 Å². The minimum absolute atomic E-state index is 0.0382. The van der Waals surface area contributed by atoms with Gasteiger partial charge in [-0.05, 0) is 25.7 Å². The molecule has 0 aromatic carbocycles. The zero-order valence-electron chi connectivity index (χ0n) is 9.98. The van der Waals surface area contributed by atoms with Gasteiger partial charge in [0.2, 0.25) is 1.43 Å². The number of aliphatic hydroxyl groups is 2. The summed E-state index contributed by atoms with van der Waals surface area (Å²) in [5.74, 6) is -0.521. The fourth-order valence-electron chi connectivity index (χ4n) is 2.56. The molecule has 2 rings (SSSR count). The number of aliphatic hydroxyl groups excluding tert-OH is 2. The summed E-state index contributed by atoms with van der Waals surface area (Å²) in [5, 5.41) is 13.5. The molecule has 2 heterocycles. The average Bonchev–Trinajstić information content (AvgIpc) is 2.29. The summed E-state index contributed by atoms with van der Waals surface area (Å²) in [7, 11) is 0. The molecule has 2 aliphatic rings. The first-order chi connectivity index (χ1) is 7.78. The fraction of sp³-hybridized carbons (Fsp3) is 1.00. The van der Waals surface area contributed by atoms with Gasteiger partial charge in [-0.2, -0.15) is 0 Å². The number of hydrogen-bond acceptors (Lipinski definition) is 4. The zero-order valence-corrected chi connectivity index (χ0v) is 8.98. The molecule has 2 N–H and O–H groups in total. The van der Waals surface area contributed by atoms with Crippen LogP contribution in [-0.4, -0.2) is 42.9 Å². The molecule has 0 saturated carbocycles. The van der Waals surface area contributed by atoms with Crippen LogP contribution < -0.4 is 0 Å². The highest BCUT2D eigenvalue weighted by Crippen LogP contribution is 2.38. The second-order valence-electron chi connectivity index (χ2n) is 4.52. The Bertz CT molecular complexity index is 220. The van der Waals surface area contributed by atoms with Gasteiger partial charge >= 0.3 is 0 Å². The van der Waals surface area contributed by atoms with Crippen molar-refractivity contribution >= 4 is 0 Å². The summed E-state index contributed by atoms with van der Waals surface area (Å²) in [6, 6.07) is 0. The molecule has 15 heavy (non-hydrogen) atoms. The van der Waals surface area contributed by atoms with Crippen molar-refractivity contribution in [2.24, 2.45) is 0 Å². The van der Waals surface area contributed by atoms with Gasteiger partial charge in [0, 0.05) is 12.8 Å². The molecule has 1 spiro atoms. The van der Waals surface area contributed by atoms with Crippen molar-refractivity contribution in [3.05, 3.63) is 0 Å². The lowest BCUT2D eigenvalue weighted by Crippen LogP contribution is -2.49. The summed E-state index contributed by atoms with van der Waals surface area (Å²) in [6.45, 7) is 0.361. The van der Waals surface area contributed by atoms with E-state index in [9.17, 15) is 0 Å². The lowest BCUT2D eigenvalue weighted by atomic mass is 9.93. The van der Waals surface area contributed by atoms with Crippen molar-refractivity contribution in [1.29, 1.82) is 1.43 Å². The van der Waals surface area contributed by atoms with E-state index in [4.69, 9.17) is 16.0 Å². The molecule has 0 aromatic heterocycles. The Labute approximate surface area is 91.7 Å². The van der Waals surface area contributed by atoms with Crippen LogP contribution in [0, 0.1) is 0 Å². The van der Waals surface area contributed by atoms with Gasteiger partial charge in [-0.3, -0.25) is 0 Å². The van der Waals surface area contributed by atoms with E-state index in [1.54, 1.807) is 0 Å². The predicted octanol–water partition coefficient (Wildman–Crippen LogP) is 0.805. The smallest absolute Gasteiger partial charge is 0.210 e. The molecule has 2 unspecified atom stereocenters. The summed E-state index contributed by atoms with van der Waals surface area (Å²) in [4.78, 5) is 0. The van der Waals surface area contributed by atoms with E-state index >= 15 is 0 Å². The van der Waals surface area contributed by atoms with Gasteiger partial charge in [0.25, 0.3) is 0 Å². The molecule has 2 fully saturated rings. The van der Waals surface area contributed by atoms with Gasteiger partial charge in [0.15, 0.2) is 5.79 Å². The van der Waals surface area contributed by atoms with Crippen molar-refractivity contribution in [3.63, 3.8) is 0 Å². The molecular weight excluding hydrogens is 196 g/mol. The minimum atomic E-state index is -0.521. The molecule has 2 aliphatic heterocycles. The van der Waals surface area contributed by atoms with E-state index in [1.807, 2.05) is 0 Å². The van der Waals surface area contributed by atoms with Crippen LogP contribution in [0.5, 0.6) is 0 Å². The predicted molar refractivity (Wildman–Crippen MR) is 54.4 cm³/mol. The van der Waals surface area contributed by atoms with Crippen LogP contribution in [0.2, 0.25) is 0 Å². The van der Waals surface area contributed by atoms with E-state index in [0.717, 1.165) is 38.5 Å². The molecule has 0 aliphatic carbocycles. The molecule has 3 atom stereocenters. The Morgan fingerprint density at radius 3 is 2.27 bits per heavy atom. The summed E-state index contributed by atoms with van der Waals surface area (Å²) in [5.41, 5.74) is 0. The van der Waals surface area contributed by atoms with Crippen LogP contribution in [0.15, 0.2) is 0 Å². The molecule has 0 radical (unpaired) electrons. The fourth-order valence-corrected chi connectivity index (χ4v) is 2.56. The SMILES string of the molecule is [3H]OCC1CCCC2(CCC[C@H](CO)O2)O1. The Balaban J connectivity index is 1.94. The number of ether oxygens (including phenoxy) is 2. The highest BCUT2D eigenvalue weighted by atomic mass is 16.7. The normalized spacial score (nSPS) is 42.9. The van der Waals surface area contributed by atoms with Crippen LogP contribution in [0.4, 0.5) is 0 Å². The van der Waals surface area contributed by atoms with Crippen molar-refractivity contribution in [2.45, 2.75) is 56.5 Å². The third-order valence-corrected chi connectivity index (χ3v) is 3.32. The Morgan fingerprint density at radius 2 is 1.73 bits per heavy atom. The summed E-state index contributed by atoms with van der Waals surface area (Å²) < 4.78 is 18.5. The maximum Gasteiger partial charge on any atom is 0.210 e. The monoisotopic (exact) mass is 218 g/mol. The number of rotatable bonds is 3. The third-order valence-electron chi connectivity index (χ3n) is 3.32. The molecular formula is C11H20O4. The van der Waals surface area contributed by atoms with Gasteiger partial charge in [0.1, 0.15) is 0 Å². The largest absolute Gasteiger partial charge is 0.394 e. The van der Waals surface area contributed by atoms with Gasteiger partial charge in [-0.1, -0.05) is 0 Å². The molecule has 88 valence electrons. The average molecular weight is 218 g/mol. The van der Waals surface area contributed by atoms with Crippen LogP contribution in [0.3, 0.4) is 0 Å². The molecule has 0 aromatic rings. The summed E-state index contributed by atoms with van der Waals surface area (Å²) in [6.07, 6.45) is 5.53. The topological polar surface area (TPSA) is 58.9 Å². The van der Waals surface area contributed by atoms with E-state index in [0.29, 0.717) is 6.61 Å². The van der Waals surface area contributed by atoms with Gasteiger partial charge in [0.05, 0.1) is 25.4 Å². The van der Waals surface area contributed by atoms with E-state index < -0.39 is 5.79 Å². The third kappa shape index (κ3) is 2.50. The highest BCUT2D eigenvalue weighted by Gasteiger charge is 2.42. The maximum atomic E-state index is 9.14. The molecule has 4 nitrogen and oxygen atoms in total. The van der Waals surface area contributed by atoms with Crippen molar-refractivity contribution in [1.82, 2.24) is 0 Å². The molecule has 0 bridgehead atoms. The van der Waals surface area contributed by atoms with Gasteiger partial charge < -0.3 is 19.7 Å². The Morgan fingerprint density at radius 1 is 1.13 bits per heavy atom. The van der Waals surface area contributed by atoms with Crippen LogP contribution in [0.25, 0.3) is 0 Å². The van der Waals surface area contributed by atoms with Crippen LogP contribution in [-0.2, 0) is 9.47 Å². The van der Waals surface area contributed by atoms with Crippen LogP contribution in [0.1, 0.15) is 38.5 Å². The van der Waals surface area contributed by atoms with Gasteiger partial charge in [-0.25, -0.2) is 0 Å². The Kier molecular flexibility index (Phi) is 3.20. The van der Waals surface area contributed by atoms with E-state index in [1.165, 1.54) is 0 Å². The minimum Gasteiger partial charge on any atom is -0.394 e. The first-order valence-electron chi connectivity index (χ1n) is 6.23. The second-order valence-corrected chi connectivity index (χ2v) is 4.52. The van der Waals surface area contributed by atoms with E-state index in [-0.39, 0.29) is 18.8 Å². The van der Waals surface area contributed by atoms with Crippen LogP contribution >= 0.6 is 0 Å². The quantitative estimate of drug-likeness (QED) is 0.736. The second kappa shape index (κ2) is 4.78. The first-order valence-corrected chi connectivity index (χ1v) is 5.82. The molecule has 4 heteroatoms. The van der Waals surface area contributed by atoms with Gasteiger partial charge in [-0.15, -0.1) is 0 Å². The highest BCUT2D eigenvalue weighted by molar-refractivity contribution is 4.83. The molecule has 2 saturated heterocycles. The lowest BCUT2D eigenvalue weighted by Gasteiger charge is -2.45. The first kappa shape index (κ1) is 10.0. The Hall–Kier alpha value is -0.160. The van der Waals surface area contributed by atoms with Crippen molar-refractivity contribution in [2.75, 3.05) is 13.2 Å². The van der Waals surface area contributed by atoms with Crippen molar-refractivity contribution < 1.29 is 19.7 Å². The maximum absolute atomic E-state index is 9.14. The standard InChI is InChI=1S/C11H20O4/c12-7-9-3-1-5-11(14-9)6-2-4-10(8-13)15-11/h9-10,12-13H,1-8H2/t9-,10?,11?/m1/s1/i12T/t9?,10-,11?. The zero-order chi connectivity index (χ0) is 11.4. The number of hydrogen-bond donors (Lipinski definition) is 2. The lowest BCUT2D eigenvalue weighted by molar-refractivity contribution is -0.320. The molecule has 0 amide bonds.